The van der Waals surface area contributed by atoms with Crippen molar-refractivity contribution in [3.63, 3.8) is 0 Å². The Labute approximate surface area is 150 Å². The number of methoxy groups -OCH3 is 1. The third-order valence-electron chi connectivity index (χ3n) is 3.72. The SMILES string of the molecule is COc1cccc(/C=C2/C(=O)NN(c3ccccc3)C2=O)c1OCC#N. The molecule has 7 heteroatoms. The smallest absolute Gasteiger partial charge is 0.282 e. The lowest BCUT2D eigenvalue weighted by molar-refractivity contribution is -0.117. The summed E-state index contributed by atoms with van der Waals surface area (Å²) in [6.07, 6.45) is 1.43. The van der Waals surface area contributed by atoms with Crippen LogP contribution in [0, 0.1) is 11.3 Å². The van der Waals surface area contributed by atoms with Gasteiger partial charge in [0.1, 0.15) is 11.6 Å². The first-order chi connectivity index (χ1) is 12.7. The van der Waals surface area contributed by atoms with Crippen LogP contribution in [-0.2, 0) is 9.59 Å². The van der Waals surface area contributed by atoms with E-state index in [4.69, 9.17) is 14.7 Å². The molecule has 3 rings (SSSR count). The number of ether oxygens (including phenoxy) is 2. The summed E-state index contributed by atoms with van der Waals surface area (Å²) in [5.74, 6) is -0.300. The van der Waals surface area contributed by atoms with Crippen molar-refractivity contribution in [2.75, 3.05) is 18.7 Å². The van der Waals surface area contributed by atoms with Crippen molar-refractivity contribution >= 4 is 23.6 Å². The van der Waals surface area contributed by atoms with Gasteiger partial charge in [0.25, 0.3) is 11.8 Å². The van der Waals surface area contributed by atoms with Crippen LogP contribution in [0.15, 0.2) is 54.1 Å². The summed E-state index contributed by atoms with van der Waals surface area (Å²) < 4.78 is 10.6. The minimum Gasteiger partial charge on any atom is -0.493 e. The van der Waals surface area contributed by atoms with Gasteiger partial charge in [-0.2, -0.15) is 5.26 Å². The van der Waals surface area contributed by atoms with Crippen molar-refractivity contribution in [2.45, 2.75) is 0 Å². The number of hydrazine groups is 1. The zero-order valence-electron chi connectivity index (χ0n) is 13.9. The first kappa shape index (κ1) is 17.0. The summed E-state index contributed by atoms with van der Waals surface area (Å²) in [6, 6.07) is 15.7. The predicted octanol–water partition coefficient (Wildman–Crippen LogP) is 2.06. The molecule has 1 aliphatic heterocycles. The molecule has 1 aliphatic rings. The van der Waals surface area contributed by atoms with Crippen molar-refractivity contribution in [1.29, 1.82) is 5.26 Å². The van der Waals surface area contributed by atoms with Gasteiger partial charge in [0.15, 0.2) is 18.1 Å². The Morgan fingerprint density at radius 3 is 2.62 bits per heavy atom. The number of rotatable bonds is 5. The number of carbonyl (C=O) groups excluding carboxylic acids is 2. The van der Waals surface area contributed by atoms with Gasteiger partial charge < -0.3 is 9.47 Å². The molecule has 1 N–H and O–H groups in total. The number of nitriles is 1. The monoisotopic (exact) mass is 349 g/mol. The molecule has 0 aromatic heterocycles. The molecule has 0 atom stereocenters. The summed E-state index contributed by atoms with van der Waals surface area (Å²) in [5.41, 5.74) is 3.52. The molecule has 1 heterocycles. The van der Waals surface area contributed by atoms with Gasteiger partial charge in [-0.15, -0.1) is 0 Å². The van der Waals surface area contributed by atoms with Crippen LogP contribution < -0.4 is 19.9 Å². The molecule has 0 saturated carbocycles. The van der Waals surface area contributed by atoms with Crippen LogP contribution >= 0.6 is 0 Å². The Bertz CT molecular complexity index is 916. The second-order valence-electron chi connectivity index (χ2n) is 5.30. The highest BCUT2D eigenvalue weighted by atomic mass is 16.5. The van der Waals surface area contributed by atoms with Crippen molar-refractivity contribution in [2.24, 2.45) is 0 Å². The number of nitrogens with one attached hydrogen (secondary N) is 1. The molecule has 1 saturated heterocycles. The number of hydrogen-bond acceptors (Lipinski definition) is 5. The molecular formula is C19H15N3O4. The lowest BCUT2D eigenvalue weighted by Crippen LogP contribution is -2.35. The first-order valence-electron chi connectivity index (χ1n) is 7.74. The van der Waals surface area contributed by atoms with E-state index >= 15 is 0 Å². The maximum Gasteiger partial charge on any atom is 0.282 e. The second-order valence-corrected chi connectivity index (χ2v) is 5.30. The van der Waals surface area contributed by atoms with Crippen LogP contribution in [0.3, 0.4) is 0 Å². The van der Waals surface area contributed by atoms with Gasteiger partial charge in [-0.3, -0.25) is 15.0 Å². The van der Waals surface area contributed by atoms with Crippen LogP contribution in [0.5, 0.6) is 11.5 Å². The zero-order chi connectivity index (χ0) is 18.5. The van der Waals surface area contributed by atoms with Gasteiger partial charge in [0, 0.05) is 5.56 Å². The fraction of sp³-hybridized carbons (Fsp3) is 0.105. The molecule has 2 aromatic rings. The van der Waals surface area contributed by atoms with E-state index in [1.54, 1.807) is 42.5 Å². The lowest BCUT2D eigenvalue weighted by Gasteiger charge is -2.14. The molecule has 26 heavy (non-hydrogen) atoms. The number of amides is 2. The second kappa shape index (κ2) is 7.40. The average Bonchev–Trinajstić information content (AvgIpc) is 2.95. The molecule has 2 amide bonds. The molecule has 1 fully saturated rings. The molecule has 2 aromatic carbocycles. The van der Waals surface area contributed by atoms with Gasteiger partial charge in [0.2, 0.25) is 0 Å². The van der Waals surface area contributed by atoms with Gasteiger partial charge in [-0.25, -0.2) is 5.01 Å². The van der Waals surface area contributed by atoms with Gasteiger partial charge in [0.05, 0.1) is 12.8 Å². The molecular weight excluding hydrogens is 334 g/mol. The molecule has 0 bridgehead atoms. The number of carbonyl (C=O) groups is 2. The van der Waals surface area contributed by atoms with E-state index in [-0.39, 0.29) is 12.2 Å². The van der Waals surface area contributed by atoms with E-state index in [0.29, 0.717) is 22.7 Å². The van der Waals surface area contributed by atoms with Gasteiger partial charge in [-0.05, 0) is 24.3 Å². The Hall–Kier alpha value is -3.79. The molecule has 0 spiro atoms. The molecule has 0 unspecified atom stereocenters. The first-order valence-corrected chi connectivity index (χ1v) is 7.74. The van der Waals surface area contributed by atoms with Crippen molar-refractivity contribution < 1.29 is 19.1 Å². The zero-order valence-corrected chi connectivity index (χ0v) is 13.9. The largest absolute Gasteiger partial charge is 0.493 e. The summed E-state index contributed by atoms with van der Waals surface area (Å²) in [4.78, 5) is 24.9. The van der Waals surface area contributed by atoms with Crippen molar-refractivity contribution in [3.8, 4) is 17.6 Å². The standard InChI is InChI=1S/C19H15N3O4/c1-25-16-9-5-6-13(17(16)26-11-10-20)12-15-18(23)21-22(19(15)24)14-7-3-2-4-8-14/h2-9,12H,11H2,1H3,(H,21,23)/b15-12-. The Kier molecular flexibility index (Phi) is 4.85. The average molecular weight is 349 g/mol. The number of benzene rings is 2. The highest BCUT2D eigenvalue weighted by molar-refractivity contribution is 6.31. The van der Waals surface area contributed by atoms with Crippen molar-refractivity contribution in [1.82, 2.24) is 5.43 Å². The van der Waals surface area contributed by atoms with Crippen LogP contribution in [0.4, 0.5) is 5.69 Å². The number of nitrogens with zero attached hydrogens (tertiary/aromatic N) is 2. The summed E-state index contributed by atoms with van der Waals surface area (Å²) in [7, 11) is 1.47. The minimum absolute atomic E-state index is 0.0380. The van der Waals surface area contributed by atoms with E-state index in [1.807, 2.05) is 12.1 Å². The van der Waals surface area contributed by atoms with E-state index in [9.17, 15) is 9.59 Å². The quantitative estimate of drug-likeness (QED) is 0.659. The summed E-state index contributed by atoms with van der Waals surface area (Å²) >= 11 is 0. The third-order valence-corrected chi connectivity index (χ3v) is 3.72. The van der Waals surface area contributed by atoms with E-state index in [0.717, 1.165) is 0 Å². The Morgan fingerprint density at radius 2 is 1.92 bits per heavy atom. The fourth-order valence-electron chi connectivity index (χ4n) is 2.54. The predicted molar refractivity (Wildman–Crippen MR) is 94.1 cm³/mol. The van der Waals surface area contributed by atoms with Crippen LogP contribution in [0.2, 0.25) is 0 Å². The lowest BCUT2D eigenvalue weighted by atomic mass is 10.1. The minimum atomic E-state index is -0.520. The summed E-state index contributed by atoms with van der Waals surface area (Å²) in [6.45, 7) is -0.188. The van der Waals surface area contributed by atoms with Crippen molar-refractivity contribution in [3.05, 3.63) is 59.7 Å². The maximum absolute atomic E-state index is 12.7. The maximum atomic E-state index is 12.7. The van der Waals surface area contributed by atoms with Crippen LogP contribution in [-0.4, -0.2) is 25.5 Å². The molecule has 130 valence electrons. The third kappa shape index (κ3) is 3.21. The fourth-order valence-corrected chi connectivity index (χ4v) is 2.54. The van der Waals surface area contributed by atoms with Gasteiger partial charge in [-0.1, -0.05) is 30.3 Å². The highest BCUT2D eigenvalue weighted by Crippen LogP contribution is 2.33. The Morgan fingerprint density at radius 1 is 1.15 bits per heavy atom. The number of para-hydroxylation sites is 2. The number of anilines is 1. The van der Waals surface area contributed by atoms with Crippen LogP contribution in [0.25, 0.3) is 6.08 Å². The van der Waals surface area contributed by atoms with E-state index < -0.39 is 11.8 Å². The van der Waals surface area contributed by atoms with Gasteiger partial charge >= 0.3 is 0 Å². The topological polar surface area (TPSA) is 91.7 Å². The number of hydrogen-bond donors (Lipinski definition) is 1. The highest BCUT2D eigenvalue weighted by Gasteiger charge is 2.34. The van der Waals surface area contributed by atoms with E-state index in [2.05, 4.69) is 5.43 Å². The molecule has 0 radical (unpaired) electrons. The summed E-state index contributed by atoms with van der Waals surface area (Å²) in [5, 5.41) is 9.94. The Balaban J connectivity index is 1.99. The van der Waals surface area contributed by atoms with Crippen LogP contribution in [0.1, 0.15) is 5.56 Å². The normalized spacial score (nSPS) is 14.9. The molecule has 7 nitrogen and oxygen atoms in total. The van der Waals surface area contributed by atoms with E-state index in [1.165, 1.54) is 18.2 Å². The molecule has 0 aliphatic carbocycles.